The van der Waals surface area contributed by atoms with Crippen LogP contribution in [-0.2, 0) is 6.54 Å². The van der Waals surface area contributed by atoms with E-state index in [1.54, 1.807) is 12.1 Å². The summed E-state index contributed by atoms with van der Waals surface area (Å²) < 4.78 is 20.0. The van der Waals surface area contributed by atoms with Gasteiger partial charge in [-0.2, -0.15) is 0 Å². The summed E-state index contributed by atoms with van der Waals surface area (Å²) in [6.07, 6.45) is 0. The van der Waals surface area contributed by atoms with Crippen LogP contribution in [0, 0.1) is 5.82 Å². The highest BCUT2D eigenvalue weighted by atomic mass is 35.5. The Bertz CT molecular complexity index is 905. The molecule has 1 aliphatic rings. The lowest BCUT2D eigenvalue weighted by atomic mass is 10.1. The molecule has 4 rings (SSSR count). The van der Waals surface area contributed by atoms with Crippen molar-refractivity contribution in [3.8, 4) is 11.5 Å². The SMILES string of the molecule is C[C@H](c1nnc(-c2ccccc2)o1)[NH+]1CC[NH+](Cc2c(F)cccc2Cl)CC1. The highest BCUT2D eigenvalue weighted by molar-refractivity contribution is 6.31. The molecule has 0 aliphatic carbocycles. The number of quaternary nitrogens is 2. The van der Waals surface area contributed by atoms with Gasteiger partial charge in [-0.1, -0.05) is 35.9 Å². The second-order valence-electron chi connectivity index (χ2n) is 7.32. The Morgan fingerprint density at radius 2 is 1.79 bits per heavy atom. The molecule has 1 atom stereocenters. The van der Waals surface area contributed by atoms with Crippen LogP contribution >= 0.6 is 11.6 Å². The van der Waals surface area contributed by atoms with Crippen LogP contribution in [0.3, 0.4) is 0 Å². The van der Waals surface area contributed by atoms with Crippen molar-refractivity contribution in [2.45, 2.75) is 19.5 Å². The zero-order chi connectivity index (χ0) is 19.5. The minimum Gasteiger partial charge on any atom is -0.415 e. The summed E-state index contributed by atoms with van der Waals surface area (Å²) in [5.74, 6) is 0.997. The topological polar surface area (TPSA) is 47.8 Å². The van der Waals surface area contributed by atoms with Crippen LogP contribution in [0.2, 0.25) is 5.02 Å². The maximum atomic E-state index is 14.0. The van der Waals surface area contributed by atoms with E-state index in [2.05, 4.69) is 17.1 Å². The van der Waals surface area contributed by atoms with Crippen molar-refractivity contribution >= 4 is 11.6 Å². The summed E-state index contributed by atoms with van der Waals surface area (Å²) in [6.45, 7) is 6.56. The molecule has 0 unspecified atom stereocenters. The normalized spacial score (nSPS) is 20.8. The van der Waals surface area contributed by atoms with Crippen molar-refractivity contribution in [3.63, 3.8) is 0 Å². The number of aromatic nitrogens is 2. The van der Waals surface area contributed by atoms with E-state index in [-0.39, 0.29) is 11.9 Å². The van der Waals surface area contributed by atoms with Crippen LogP contribution in [0.15, 0.2) is 52.9 Å². The molecule has 0 radical (unpaired) electrons. The molecule has 0 saturated carbocycles. The molecule has 28 heavy (non-hydrogen) atoms. The molecule has 146 valence electrons. The minimum atomic E-state index is -0.220. The van der Waals surface area contributed by atoms with E-state index in [0.29, 0.717) is 28.9 Å². The number of benzene rings is 2. The van der Waals surface area contributed by atoms with E-state index in [1.807, 2.05) is 30.3 Å². The molecule has 2 N–H and O–H groups in total. The van der Waals surface area contributed by atoms with Gasteiger partial charge in [0, 0.05) is 5.56 Å². The number of hydrogen-bond acceptors (Lipinski definition) is 3. The molecule has 2 heterocycles. The Balaban J connectivity index is 1.37. The first-order valence-corrected chi connectivity index (χ1v) is 9.99. The summed E-state index contributed by atoms with van der Waals surface area (Å²) in [5, 5.41) is 8.98. The number of piperazine rings is 1. The molecule has 0 spiro atoms. The van der Waals surface area contributed by atoms with Gasteiger partial charge in [0.25, 0.3) is 5.89 Å². The van der Waals surface area contributed by atoms with Gasteiger partial charge in [0.1, 0.15) is 38.5 Å². The van der Waals surface area contributed by atoms with Crippen molar-refractivity contribution < 1.29 is 18.6 Å². The molecule has 1 fully saturated rings. The Kier molecular flexibility index (Phi) is 5.71. The largest absolute Gasteiger partial charge is 0.415 e. The maximum absolute atomic E-state index is 14.0. The van der Waals surface area contributed by atoms with E-state index in [0.717, 1.165) is 31.7 Å². The third-order valence-corrected chi connectivity index (χ3v) is 5.89. The molecule has 1 saturated heterocycles. The molecule has 0 amide bonds. The number of rotatable bonds is 5. The van der Waals surface area contributed by atoms with E-state index >= 15 is 0 Å². The van der Waals surface area contributed by atoms with Crippen LogP contribution in [0.4, 0.5) is 4.39 Å². The number of hydrogen-bond donors (Lipinski definition) is 2. The van der Waals surface area contributed by atoms with Crippen molar-refractivity contribution in [1.29, 1.82) is 0 Å². The summed E-state index contributed by atoms with van der Waals surface area (Å²) in [5.41, 5.74) is 1.54. The van der Waals surface area contributed by atoms with Crippen LogP contribution < -0.4 is 9.80 Å². The van der Waals surface area contributed by atoms with E-state index in [1.165, 1.54) is 15.9 Å². The van der Waals surface area contributed by atoms with E-state index in [4.69, 9.17) is 16.0 Å². The summed E-state index contributed by atoms with van der Waals surface area (Å²) in [6, 6.07) is 14.8. The molecule has 5 nitrogen and oxygen atoms in total. The lowest BCUT2D eigenvalue weighted by Gasteiger charge is -2.32. The minimum absolute atomic E-state index is 0.128. The van der Waals surface area contributed by atoms with Crippen LogP contribution in [0.5, 0.6) is 0 Å². The summed E-state index contributed by atoms with van der Waals surface area (Å²) in [7, 11) is 0. The van der Waals surface area contributed by atoms with Gasteiger partial charge in [0.2, 0.25) is 5.89 Å². The van der Waals surface area contributed by atoms with Gasteiger partial charge in [-0.25, -0.2) is 4.39 Å². The fourth-order valence-electron chi connectivity index (χ4n) is 3.77. The van der Waals surface area contributed by atoms with Gasteiger partial charge in [-0.3, -0.25) is 0 Å². The Morgan fingerprint density at radius 3 is 2.50 bits per heavy atom. The summed E-state index contributed by atoms with van der Waals surface area (Å²) in [4.78, 5) is 2.75. The number of halogens is 2. The summed E-state index contributed by atoms with van der Waals surface area (Å²) >= 11 is 6.17. The van der Waals surface area contributed by atoms with Gasteiger partial charge in [-0.05, 0) is 31.2 Å². The Morgan fingerprint density at radius 1 is 1.04 bits per heavy atom. The standard InChI is InChI=1S/C21H22ClFN4O/c1-15(20-24-25-21(28-20)16-6-3-2-4-7-16)27-12-10-26(11-13-27)14-17-18(22)8-5-9-19(17)23/h2-9,15H,10-14H2,1H3/p+2/t15-/m1/s1. The highest BCUT2D eigenvalue weighted by Crippen LogP contribution is 2.19. The van der Waals surface area contributed by atoms with Gasteiger partial charge in [0.15, 0.2) is 6.04 Å². The molecular weight excluding hydrogens is 379 g/mol. The zero-order valence-electron chi connectivity index (χ0n) is 15.8. The van der Waals surface area contributed by atoms with Gasteiger partial charge < -0.3 is 14.2 Å². The smallest absolute Gasteiger partial charge is 0.274 e. The van der Waals surface area contributed by atoms with Gasteiger partial charge in [0.05, 0.1) is 10.6 Å². The Labute approximate surface area is 168 Å². The molecule has 2 aromatic carbocycles. The first kappa shape index (κ1) is 19.1. The first-order chi connectivity index (χ1) is 13.6. The second-order valence-corrected chi connectivity index (χ2v) is 7.73. The molecule has 1 aromatic heterocycles. The lowest BCUT2D eigenvalue weighted by molar-refractivity contribution is -1.03. The predicted octanol–water partition coefficient (Wildman–Crippen LogP) is 1.57. The molecule has 3 aromatic rings. The second kappa shape index (κ2) is 8.39. The van der Waals surface area contributed by atoms with Crippen LogP contribution in [0.1, 0.15) is 24.4 Å². The molecular formula is C21H24ClFN4O+2. The quantitative estimate of drug-likeness (QED) is 0.681. The lowest BCUT2D eigenvalue weighted by Crippen LogP contribution is -3.27. The van der Waals surface area contributed by atoms with Crippen LogP contribution in [-0.4, -0.2) is 36.4 Å². The van der Waals surface area contributed by atoms with Crippen molar-refractivity contribution in [3.05, 3.63) is 70.8 Å². The van der Waals surface area contributed by atoms with Crippen molar-refractivity contribution in [2.75, 3.05) is 26.2 Å². The van der Waals surface area contributed by atoms with E-state index in [9.17, 15) is 4.39 Å². The predicted molar refractivity (Wildman–Crippen MR) is 105 cm³/mol. The fourth-order valence-corrected chi connectivity index (χ4v) is 4.00. The first-order valence-electron chi connectivity index (χ1n) is 9.61. The van der Waals surface area contributed by atoms with Crippen molar-refractivity contribution in [2.24, 2.45) is 0 Å². The average molecular weight is 403 g/mol. The highest BCUT2D eigenvalue weighted by Gasteiger charge is 2.31. The maximum Gasteiger partial charge on any atom is 0.274 e. The number of nitrogens with zero attached hydrogens (tertiary/aromatic N) is 2. The molecule has 0 bridgehead atoms. The monoisotopic (exact) mass is 402 g/mol. The zero-order valence-corrected chi connectivity index (χ0v) is 16.5. The fraction of sp³-hybridized carbons (Fsp3) is 0.333. The molecule has 7 heteroatoms. The third kappa shape index (κ3) is 4.09. The number of nitrogens with one attached hydrogen (secondary N) is 2. The average Bonchev–Trinajstić information content (AvgIpc) is 3.22. The van der Waals surface area contributed by atoms with Crippen LogP contribution in [0.25, 0.3) is 11.5 Å². The van der Waals surface area contributed by atoms with Gasteiger partial charge in [-0.15, -0.1) is 10.2 Å². The van der Waals surface area contributed by atoms with Crippen molar-refractivity contribution in [1.82, 2.24) is 10.2 Å². The molecule has 1 aliphatic heterocycles. The Hall–Kier alpha value is -2.28. The third-order valence-electron chi connectivity index (χ3n) is 5.53. The van der Waals surface area contributed by atoms with E-state index < -0.39 is 0 Å². The van der Waals surface area contributed by atoms with Gasteiger partial charge >= 0.3 is 0 Å².